The van der Waals surface area contributed by atoms with E-state index in [1.165, 1.54) is 12.7 Å². The lowest BCUT2D eigenvalue weighted by atomic mass is 10.1. The van der Waals surface area contributed by atoms with E-state index >= 15 is 0 Å². The van der Waals surface area contributed by atoms with Gasteiger partial charge < -0.3 is 81.9 Å². The molecule has 4 fully saturated rings. The molecule has 6 aromatic rings. The minimum atomic E-state index is -1.32. The summed E-state index contributed by atoms with van der Waals surface area (Å²) in [6.45, 7) is 1.13. The Morgan fingerprint density at radius 1 is 0.560 bits per heavy atom. The molecule has 444 valence electrons. The van der Waals surface area contributed by atoms with E-state index in [4.69, 9.17) is 19.9 Å². The molecule has 4 aromatic heterocycles. The van der Waals surface area contributed by atoms with Crippen LogP contribution in [-0.2, 0) is 22.4 Å². The molecule has 0 unspecified atom stereocenters. The lowest BCUT2D eigenvalue weighted by Gasteiger charge is -2.19. The Kier molecular flexibility index (Phi) is 19.2. The molecule has 2 saturated carbocycles. The number of carbonyl (C=O) groups is 3. The minimum absolute atomic E-state index is 0.121. The van der Waals surface area contributed by atoms with E-state index in [2.05, 4.69) is 75.4 Å². The van der Waals surface area contributed by atoms with Crippen LogP contribution < -0.4 is 31.9 Å². The van der Waals surface area contributed by atoms with Crippen molar-refractivity contribution in [3.8, 4) is 23.7 Å². The molecule has 14 N–H and O–H groups in total. The first-order chi connectivity index (χ1) is 40.8. The first-order valence-electron chi connectivity index (χ1n) is 28.1. The second-order valence-electron chi connectivity index (χ2n) is 21.8. The van der Waals surface area contributed by atoms with Gasteiger partial charge >= 0.3 is 6.03 Å². The van der Waals surface area contributed by atoms with Gasteiger partial charge in [-0.15, -0.1) is 0 Å². The largest absolute Gasteiger partial charge is 0.394 e. The molecule has 4 amide bonds. The van der Waals surface area contributed by atoms with Gasteiger partial charge in [-0.05, 0) is 61.5 Å². The number of anilines is 2. The molecule has 2 aliphatic carbocycles. The maximum atomic E-state index is 13.4. The number of likely N-dealkylation sites (tertiary alicyclic amines) is 2. The summed E-state index contributed by atoms with van der Waals surface area (Å²) in [5.74, 6) is 12.0. The molecule has 10 rings (SSSR count). The first kappa shape index (κ1) is 59.2. The molecule has 27 heteroatoms. The van der Waals surface area contributed by atoms with Crippen molar-refractivity contribution in [3.05, 3.63) is 96.1 Å². The van der Waals surface area contributed by atoms with Crippen LogP contribution in [0.15, 0.2) is 73.3 Å². The molecule has 4 aliphatic rings. The van der Waals surface area contributed by atoms with Crippen molar-refractivity contribution in [1.29, 1.82) is 0 Å². The highest BCUT2D eigenvalue weighted by molar-refractivity contribution is 5.85. The van der Waals surface area contributed by atoms with E-state index in [0.29, 0.717) is 98.9 Å². The highest BCUT2D eigenvalue weighted by atomic mass is 16.3. The van der Waals surface area contributed by atoms with Gasteiger partial charge in [-0.25, -0.2) is 34.7 Å². The Hall–Kier alpha value is -7.93. The molecule has 27 nitrogen and oxygen atoms in total. The predicted octanol–water partition coefficient (Wildman–Crippen LogP) is -2.86. The summed E-state index contributed by atoms with van der Waals surface area (Å²) in [4.78, 5) is 69.7. The van der Waals surface area contributed by atoms with E-state index in [1.807, 2.05) is 60.7 Å². The summed E-state index contributed by atoms with van der Waals surface area (Å²) < 4.78 is 3.23. The molecule has 0 bridgehead atoms. The van der Waals surface area contributed by atoms with Gasteiger partial charge in [0.1, 0.15) is 37.6 Å². The quantitative estimate of drug-likeness (QED) is 0.0342. The Bertz CT molecular complexity index is 3170. The number of nitrogens with one attached hydrogen (secondary N) is 6. The number of hydrogen-bond donors (Lipinski definition) is 14. The van der Waals surface area contributed by atoms with E-state index in [1.54, 1.807) is 9.13 Å². The third-order valence-electron chi connectivity index (χ3n) is 15.8. The number of aliphatic hydroxyl groups is 8. The molecule has 2 aliphatic heterocycles. The Balaban J connectivity index is 0.758. The van der Waals surface area contributed by atoms with Gasteiger partial charge in [0.05, 0.1) is 75.2 Å². The number of hydrogen-bond acceptors (Lipinski definition) is 21. The number of nitrogens with zero attached hydrogens (tertiary/aromatic N) is 10. The topological polar surface area (TPSA) is 379 Å². The van der Waals surface area contributed by atoms with Crippen LogP contribution in [0, 0.1) is 23.7 Å². The predicted molar refractivity (Wildman–Crippen MR) is 304 cm³/mol. The summed E-state index contributed by atoms with van der Waals surface area (Å²) >= 11 is 0. The van der Waals surface area contributed by atoms with Crippen molar-refractivity contribution in [3.63, 3.8) is 0 Å². The summed E-state index contributed by atoms with van der Waals surface area (Å²) in [6.07, 6.45) is 0.284. The number of urea groups is 1. The fraction of sp³-hybridized carbons (Fsp3) is 0.491. The van der Waals surface area contributed by atoms with Gasteiger partial charge in [-0.1, -0.05) is 72.5 Å². The van der Waals surface area contributed by atoms with Crippen molar-refractivity contribution >= 4 is 51.8 Å². The van der Waals surface area contributed by atoms with Gasteiger partial charge in [0, 0.05) is 38.3 Å². The molecule has 12 atom stereocenters. The zero-order valence-corrected chi connectivity index (χ0v) is 45.9. The van der Waals surface area contributed by atoms with E-state index in [9.17, 15) is 55.2 Å². The second-order valence-corrected chi connectivity index (χ2v) is 21.8. The van der Waals surface area contributed by atoms with E-state index in [0.717, 1.165) is 11.1 Å². The fourth-order valence-corrected chi connectivity index (χ4v) is 11.6. The minimum Gasteiger partial charge on any atom is -0.394 e. The maximum absolute atomic E-state index is 13.4. The van der Waals surface area contributed by atoms with Crippen LogP contribution >= 0.6 is 0 Å². The van der Waals surface area contributed by atoms with Crippen LogP contribution in [0.1, 0.15) is 60.5 Å². The maximum Gasteiger partial charge on any atom is 0.315 e. The van der Waals surface area contributed by atoms with E-state index in [-0.39, 0.29) is 55.8 Å². The number of imidazole rings is 2. The van der Waals surface area contributed by atoms with Crippen molar-refractivity contribution in [2.45, 2.75) is 111 Å². The van der Waals surface area contributed by atoms with Crippen molar-refractivity contribution in [2.75, 3.05) is 76.3 Å². The van der Waals surface area contributed by atoms with Crippen LogP contribution in [0.4, 0.5) is 16.4 Å². The lowest BCUT2D eigenvalue weighted by molar-refractivity contribution is -0.126. The van der Waals surface area contributed by atoms with Crippen LogP contribution in [-0.4, -0.2) is 234 Å². The van der Waals surface area contributed by atoms with Gasteiger partial charge in [0.15, 0.2) is 34.0 Å². The van der Waals surface area contributed by atoms with Gasteiger partial charge in [0.25, 0.3) is 0 Å². The van der Waals surface area contributed by atoms with Crippen molar-refractivity contribution < 1.29 is 55.2 Å². The standard InChI is InChI=1S/C57H70N16O11/c74-27-37(21-33-9-3-1-4-10-33)60-53-47-55(72(31-58-47)41-23-39(49(80)51(41)82)64-45(78)29-76)68-43(66-53)13-7-17-70-19-15-35(25-70)62-57(84)63-36-16-20-71(26-36)18-8-14-44-67-54(61-38(28-75)22-34-11-5-2-6-12-34)48-56(69-44)73(32-59-48)42-24-40(50(81)52(42)83)65-46(79)30-77/h1-6,9-12,31-32,35-42,49-52,74-77,80-83H,15-30H2,(H,64,78)(H,65,79)(H,60,66,68)(H,61,67,69)(H2,62,63,84)/t35-,36-,37+,38+,39+,40+,41-,42-,49-,50-,51+,52+/m1/s1. The summed E-state index contributed by atoms with van der Waals surface area (Å²) in [7, 11) is 0. The Morgan fingerprint density at radius 3 is 1.37 bits per heavy atom. The van der Waals surface area contributed by atoms with Crippen LogP contribution in [0.5, 0.6) is 0 Å². The monoisotopic (exact) mass is 1150 g/mol. The number of fused-ring (bicyclic) bond motifs is 2. The third-order valence-corrected chi connectivity index (χ3v) is 15.8. The number of rotatable bonds is 20. The molecule has 2 aromatic carbocycles. The highest BCUT2D eigenvalue weighted by Crippen LogP contribution is 2.36. The van der Waals surface area contributed by atoms with E-state index < -0.39 is 85.7 Å². The third kappa shape index (κ3) is 14.0. The average Bonchev–Trinajstić information content (AvgIpc) is 2.72. The molecule has 2 saturated heterocycles. The van der Waals surface area contributed by atoms with Crippen LogP contribution in [0.25, 0.3) is 22.3 Å². The first-order valence-corrected chi connectivity index (χ1v) is 28.1. The summed E-state index contributed by atoms with van der Waals surface area (Å²) in [6, 6.07) is 14.7. The zero-order valence-electron chi connectivity index (χ0n) is 45.9. The fourth-order valence-electron chi connectivity index (χ4n) is 11.6. The van der Waals surface area contributed by atoms with Crippen molar-refractivity contribution in [1.82, 2.24) is 70.1 Å². The van der Waals surface area contributed by atoms with Crippen LogP contribution in [0.2, 0.25) is 0 Å². The second kappa shape index (κ2) is 27.2. The average molecular weight is 1160 g/mol. The van der Waals surface area contributed by atoms with Crippen molar-refractivity contribution in [2.24, 2.45) is 0 Å². The normalized spacial score (nSPS) is 24.9. The lowest BCUT2D eigenvalue weighted by Crippen LogP contribution is -2.47. The highest BCUT2D eigenvalue weighted by Gasteiger charge is 2.45. The number of aliphatic hydroxyl groups excluding tert-OH is 8. The molecular formula is C57H70N16O11. The summed E-state index contributed by atoms with van der Waals surface area (Å²) in [5.41, 5.74) is 3.30. The Labute approximate surface area is 483 Å². The summed E-state index contributed by atoms with van der Waals surface area (Å²) in [5, 5.41) is 101. The Morgan fingerprint density at radius 2 is 0.976 bits per heavy atom. The molecule has 0 radical (unpaired) electrons. The molecule has 84 heavy (non-hydrogen) atoms. The molecule has 0 spiro atoms. The van der Waals surface area contributed by atoms with Gasteiger partial charge in [-0.2, -0.15) is 0 Å². The SMILES string of the molecule is O=C(CO)N[C@H]1C[C@@H](n2cnc3c(N[C@H](CO)Cc4ccccc4)nc(C#CCN4CC[C@@H](NC(=O)N[C@@H]5CCN(CC#Cc6nc(N[C@H](CO)Cc7ccccc7)c7ncn([C@@H]8C[C@H](NC(=O)CO)[C@@H](O)[C@H]8O)c7n6)C5)C4)nc32)[C@H](O)[C@@H]1O. The number of benzene rings is 2. The molecule has 6 heterocycles. The molecular weight excluding hydrogens is 1080 g/mol. The van der Waals surface area contributed by atoms with Crippen LogP contribution in [0.3, 0.4) is 0 Å². The number of amides is 4. The number of carbonyl (C=O) groups excluding carboxylic acids is 3. The zero-order chi connectivity index (χ0) is 58.9. The van der Waals surface area contributed by atoms with Gasteiger partial charge in [-0.3, -0.25) is 19.4 Å². The van der Waals surface area contributed by atoms with Gasteiger partial charge in [0.2, 0.25) is 23.5 Å². The number of aromatic nitrogens is 8. The smallest absolute Gasteiger partial charge is 0.315 e.